The molecule has 2 rings (SSSR count). The van der Waals surface area contributed by atoms with Gasteiger partial charge in [-0.3, -0.25) is 14.5 Å². The average Bonchev–Trinajstić information content (AvgIpc) is 2.64. The number of halogens is 1. The quantitative estimate of drug-likeness (QED) is 0.802. The molecule has 5 nitrogen and oxygen atoms in total. The molecule has 1 aromatic rings. The number of aryl methyl sites for hydroxylation is 2. The van der Waals surface area contributed by atoms with E-state index in [1.165, 1.54) is 25.3 Å². The first-order valence-electron chi connectivity index (χ1n) is 7.24. The minimum absolute atomic E-state index is 0.986. The molecule has 6 heteroatoms. The number of hydrogen-bond acceptors (Lipinski definition) is 4. The molecule has 20 heavy (non-hydrogen) atoms. The van der Waals surface area contributed by atoms with Crippen LogP contribution < -0.4 is 0 Å². The summed E-state index contributed by atoms with van der Waals surface area (Å²) in [4.78, 5) is 7.33. The fourth-order valence-corrected chi connectivity index (χ4v) is 3.04. The van der Waals surface area contributed by atoms with Crippen LogP contribution in [0.15, 0.2) is 4.47 Å². The summed E-state index contributed by atoms with van der Waals surface area (Å²) >= 11 is 3.65. The van der Waals surface area contributed by atoms with Crippen LogP contribution in [-0.4, -0.2) is 77.8 Å². The molecule has 0 spiro atoms. The van der Waals surface area contributed by atoms with E-state index in [-0.39, 0.29) is 0 Å². The third-order valence-electron chi connectivity index (χ3n) is 3.96. The van der Waals surface area contributed by atoms with Crippen LogP contribution in [0.5, 0.6) is 0 Å². The van der Waals surface area contributed by atoms with E-state index in [0.717, 1.165) is 36.3 Å². The second-order valence-corrected chi connectivity index (χ2v) is 6.68. The first-order chi connectivity index (χ1) is 9.47. The lowest BCUT2D eigenvalue weighted by molar-refractivity contribution is 0.118. The summed E-state index contributed by atoms with van der Waals surface area (Å²) in [6.07, 6.45) is 0. The lowest BCUT2D eigenvalue weighted by atomic mass is 10.2. The van der Waals surface area contributed by atoms with Crippen molar-refractivity contribution in [1.29, 1.82) is 0 Å². The van der Waals surface area contributed by atoms with Crippen LogP contribution in [0.2, 0.25) is 0 Å². The van der Waals surface area contributed by atoms with Crippen LogP contribution in [0.3, 0.4) is 0 Å². The Morgan fingerprint density at radius 3 is 2.25 bits per heavy atom. The normalized spacial score (nSPS) is 18.1. The van der Waals surface area contributed by atoms with Gasteiger partial charge in [-0.1, -0.05) is 0 Å². The van der Waals surface area contributed by atoms with E-state index in [9.17, 15) is 0 Å². The molecule has 1 fully saturated rings. The van der Waals surface area contributed by atoms with Crippen molar-refractivity contribution in [1.82, 2.24) is 24.5 Å². The maximum atomic E-state index is 4.47. The molecule has 1 aromatic heterocycles. The van der Waals surface area contributed by atoms with Gasteiger partial charge in [-0.05, 0) is 36.9 Å². The summed E-state index contributed by atoms with van der Waals surface area (Å²) in [5.41, 5.74) is 2.36. The van der Waals surface area contributed by atoms with Crippen molar-refractivity contribution >= 4 is 15.9 Å². The van der Waals surface area contributed by atoms with E-state index < -0.39 is 0 Å². The molecule has 0 aliphatic carbocycles. The molecule has 0 unspecified atom stereocenters. The van der Waals surface area contributed by atoms with Gasteiger partial charge in [-0.25, -0.2) is 0 Å². The second kappa shape index (κ2) is 7.02. The van der Waals surface area contributed by atoms with E-state index >= 15 is 0 Å². The minimum atomic E-state index is 0.986. The van der Waals surface area contributed by atoms with Crippen molar-refractivity contribution in [3.8, 4) is 0 Å². The van der Waals surface area contributed by atoms with Crippen LogP contribution >= 0.6 is 15.9 Å². The van der Waals surface area contributed by atoms with Gasteiger partial charge in [0.1, 0.15) is 0 Å². The zero-order valence-electron chi connectivity index (χ0n) is 13.1. The average molecular weight is 344 g/mol. The highest BCUT2D eigenvalue weighted by molar-refractivity contribution is 9.10. The van der Waals surface area contributed by atoms with Crippen LogP contribution in [0, 0.1) is 6.92 Å². The van der Waals surface area contributed by atoms with Gasteiger partial charge in [-0.15, -0.1) is 0 Å². The van der Waals surface area contributed by atoms with E-state index in [4.69, 9.17) is 0 Å². The van der Waals surface area contributed by atoms with E-state index in [2.05, 4.69) is 49.8 Å². The van der Waals surface area contributed by atoms with E-state index in [1.807, 2.05) is 18.7 Å². The lowest BCUT2D eigenvalue weighted by Gasteiger charge is -2.35. The summed E-state index contributed by atoms with van der Waals surface area (Å²) in [5.74, 6) is 0. The standard InChI is InChI=1S/C14H26BrN5/c1-12-14(15)13(18(4)16-12)11-20-9-7-19(8-10-20)6-5-17(2)3/h5-11H2,1-4H3. The molecular formula is C14H26BrN5. The van der Waals surface area contributed by atoms with Crippen molar-refractivity contribution in [3.05, 3.63) is 15.9 Å². The summed E-state index contributed by atoms with van der Waals surface area (Å²) in [5, 5.41) is 4.47. The zero-order chi connectivity index (χ0) is 14.7. The summed E-state index contributed by atoms with van der Waals surface area (Å²) in [7, 11) is 6.30. The molecule has 0 bridgehead atoms. The number of piperazine rings is 1. The fraction of sp³-hybridized carbons (Fsp3) is 0.786. The van der Waals surface area contributed by atoms with Gasteiger partial charge < -0.3 is 4.90 Å². The smallest absolute Gasteiger partial charge is 0.0739 e. The predicted octanol–water partition coefficient (Wildman–Crippen LogP) is 1.17. The Balaban J connectivity index is 1.82. The fourth-order valence-electron chi connectivity index (χ4n) is 2.58. The molecule has 1 aliphatic rings. The summed E-state index contributed by atoms with van der Waals surface area (Å²) in [6.45, 7) is 9.98. The molecule has 0 amide bonds. The van der Waals surface area contributed by atoms with E-state index in [1.54, 1.807) is 0 Å². The Morgan fingerprint density at radius 1 is 1.15 bits per heavy atom. The first kappa shape index (κ1) is 15.9. The number of likely N-dealkylation sites (N-methyl/N-ethyl adjacent to an activating group) is 1. The predicted molar refractivity (Wildman–Crippen MR) is 85.9 cm³/mol. The van der Waals surface area contributed by atoms with Crippen LogP contribution in [0.25, 0.3) is 0 Å². The van der Waals surface area contributed by atoms with Crippen LogP contribution in [0.1, 0.15) is 11.4 Å². The van der Waals surface area contributed by atoms with Crippen molar-refractivity contribution in [2.75, 3.05) is 53.4 Å². The zero-order valence-corrected chi connectivity index (χ0v) is 14.6. The second-order valence-electron chi connectivity index (χ2n) is 5.89. The molecule has 1 aliphatic heterocycles. The summed E-state index contributed by atoms with van der Waals surface area (Å²) < 4.78 is 3.16. The Kier molecular flexibility index (Phi) is 5.60. The van der Waals surface area contributed by atoms with Gasteiger partial charge in [0.25, 0.3) is 0 Å². The molecule has 114 valence electrons. The largest absolute Gasteiger partial charge is 0.308 e. The molecule has 0 saturated carbocycles. The molecule has 0 atom stereocenters. The monoisotopic (exact) mass is 343 g/mol. The van der Waals surface area contributed by atoms with Crippen LogP contribution in [-0.2, 0) is 13.6 Å². The molecular weight excluding hydrogens is 318 g/mol. The third kappa shape index (κ3) is 4.04. The highest BCUT2D eigenvalue weighted by Crippen LogP contribution is 2.22. The Morgan fingerprint density at radius 2 is 1.75 bits per heavy atom. The molecule has 0 N–H and O–H groups in total. The van der Waals surface area contributed by atoms with Crippen molar-refractivity contribution in [3.63, 3.8) is 0 Å². The Hall–Kier alpha value is -0.430. The number of nitrogens with zero attached hydrogens (tertiary/aromatic N) is 5. The number of rotatable bonds is 5. The number of aromatic nitrogens is 2. The van der Waals surface area contributed by atoms with Gasteiger partial charge in [0.05, 0.1) is 15.9 Å². The van der Waals surface area contributed by atoms with Crippen molar-refractivity contribution < 1.29 is 0 Å². The van der Waals surface area contributed by atoms with Gasteiger partial charge >= 0.3 is 0 Å². The Labute approximate surface area is 130 Å². The maximum Gasteiger partial charge on any atom is 0.0739 e. The minimum Gasteiger partial charge on any atom is -0.308 e. The SMILES string of the molecule is Cc1nn(C)c(CN2CCN(CCN(C)C)CC2)c1Br. The maximum absolute atomic E-state index is 4.47. The van der Waals surface area contributed by atoms with Gasteiger partial charge in [0, 0.05) is 52.9 Å². The topological polar surface area (TPSA) is 27.5 Å². The van der Waals surface area contributed by atoms with Crippen molar-refractivity contribution in [2.45, 2.75) is 13.5 Å². The van der Waals surface area contributed by atoms with Gasteiger partial charge in [-0.2, -0.15) is 5.10 Å². The highest BCUT2D eigenvalue weighted by atomic mass is 79.9. The highest BCUT2D eigenvalue weighted by Gasteiger charge is 2.19. The molecule has 1 saturated heterocycles. The lowest BCUT2D eigenvalue weighted by Crippen LogP contribution is -2.47. The molecule has 2 heterocycles. The number of hydrogen-bond donors (Lipinski definition) is 0. The molecule has 0 radical (unpaired) electrons. The van der Waals surface area contributed by atoms with E-state index in [0.29, 0.717) is 0 Å². The third-order valence-corrected chi connectivity index (χ3v) is 4.99. The Bertz CT molecular complexity index is 435. The van der Waals surface area contributed by atoms with Gasteiger partial charge in [0.15, 0.2) is 0 Å². The van der Waals surface area contributed by atoms with Crippen molar-refractivity contribution in [2.24, 2.45) is 7.05 Å². The van der Waals surface area contributed by atoms with Crippen LogP contribution in [0.4, 0.5) is 0 Å². The first-order valence-corrected chi connectivity index (χ1v) is 8.04. The molecule has 0 aromatic carbocycles. The van der Waals surface area contributed by atoms with Gasteiger partial charge in [0.2, 0.25) is 0 Å². The summed E-state index contributed by atoms with van der Waals surface area (Å²) in [6, 6.07) is 0.